The number of halogens is 4. The molecule has 1 aliphatic carbocycles. The number of carbonyl (C=O) groups excluding carboxylic acids is 2. The predicted octanol–water partition coefficient (Wildman–Crippen LogP) is 6.42. The molecular formula is C38H37Cl2F2N3O9S. The number of pyridine rings is 1. The summed E-state index contributed by atoms with van der Waals surface area (Å²) in [5.74, 6) is -1.73. The van der Waals surface area contributed by atoms with Gasteiger partial charge in [-0.15, -0.1) is 0 Å². The van der Waals surface area contributed by atoms with E-state index in [9.17, 15) is 32.0 Å². The van der Waals surface area contributed by atoms with E-state index in [1.54, 1.807) is 30.3 Å². The summed E-state index contributed by atoms with van der Waals surface area (Å²) in [6.07, 6.45) is 2.79. The van der Waals surface area contributed by atoms with E-state index in [0.717, 1.165) is 37.8 Å². The van der Waals surface area contributed by atoms with E-state index in [-0.39, 0.29) is 62.1 Å². The highest BCUT2D eigenvalue weighted by Gasteiger charge is 2.33. The van der Waals surface area contributed by atoms with Gasteiger partial charge in [-0.2, -0.15) is 18.2 Å². The third kappa shape index (κ3) is 10.6. The van der Waals surface area contributed by atoms with Crippen molar-refractivity contribution in [2.24, 2.45) is 5.92 Å². The van der Waals surface area contributed by atoms with Gasteiger partial charge in [0.1, 0.15) is 28.3 Å². The maximum atomic E-state index is 13.8. The van der Waals surface area contributed by atoms with Crippen LogP contribution in [0.1, 0.15) is 58.5 Å². The Balaban J connectivity index is 1.28. The third-order valence-electron chi connectivity index (χ3n) is 9.08. The van der Waals surface area contributed by atoms with Gasteiger partial charge in [0.2, 0.25) is 10.0 Å². The summed E-state index contributed by atoms with van der Waals surface area (Å²) in [5.41, 5.74) is 0.693. The number of nitrogens with zero attached hydrogens (tertiary/aromatic N) is 2. The van der Waals surface area contributed by atoms with E-state index in [1.807, 2.05) is 11.9 Å². The summed E-state index contributed by atoms with van der Waals surface area (Å²) in [6.45, 7) is -1.65. The number of ether oxygens (including phenoxy) is 4. The monoisotopic (exact) mass is 819 g/mol. The minimum absolute atomic E-state index is 0.0148. The lowest BCUT2D eigenvalue weighted by atomic mass is 10.0. The number of aromatic nitrogens is 1. The highest BCUT2D eigenvalue weighted by atomic mass is 35.5. The van der Waals surface area contributed by atoms with Crippen LogP contribution in [-0.2, 0) is 30.7 Å². The maximum Gasteiger partial charge on any atom is 0.387 e. The van der Waals surface area contributed by atoms with Crippen LogP contribution >= 0.6 is 23.2 Å². The number of hydrogen-bond donors (Lipinski definition) is 1. The lowest BCUT2D eigenvalue weighted by Crippen LogP contribution is -2.37. The Kier molecular flexibility index (Phi) is 12.8. The number of alkyl halides is 2. The van der Waals surface area contributed by atoms with Gasteiger partial charge in [-0.1, -0.05) is 65.7 Å². The average molecular weight is 821 g/mol. The number of sulfonamides is 1. The first kappa shape index (κ1) is 40.1. The average Bonchev–Trinajstić information content (AvgIpc) is 3.89. The van der Waals surface area contributed by atoms with Crippen molar-refractivity contribution >= 4 is 45.2 Å². The largest absolute Gasteiger partial charge is 0.619 e. The van der Waals surface area contributed by atoms with Crippen LogP contribution in [0.5, 0.6) is 11.5 Å². The topological polar surface area (TPSA) is 147 Å². The Morgan fingerprint density at radius 1 is 0.964 bits per heavy atom. The summed E-state index contributed by atoms with van der Waals surface area (Å²) in [5, 5.41) is 11.9. The molecule has 0 amide bonds. The van der Waals surface area contributed by atoms with E-state index in [2.05, 4.69) is 9.46 Å². The standard InChI is InChI=1S/C38H37Cl2F2N3O9S/c1-44-15-14-27(19-44)52-37(47)35(24-6-3-2-4-7-24)43-55(49,50)28-9-5-8-26(16-28)36(46)53-33(18-29-30(39)20-45(48)21-31(29)40)25-12-13-32(54-38(41)42)34(17-25)51-22-23-10-11-23/h2-9,12-13,16-17,20-21,23,27,33,35,38,43H,10-11,14-15,18-19,22H2,1H3. The number of benzene rings is 3. The minimum atomic E-state index is -4.45. The molecule has 1 saturated carbocycles. The smallest absolute Gasteiger partial charge is 0.387 e. The van der Waals surface area contributed by atoms with Crippen LogP contribution in [0.15, 0.2) is 90.1 Å². The van der Waals surface area contributed by atoms with Crippen LogP contribution in [0.3, 0.4) is 0 Å². The first-order chi connectivity index (χ1) is 26.3. The number of esters is 2. The lowest BCUT2D eigenvalue weighted by molar-refractivity contribution is -0.605. The molecule has 2 aliphatic rings. The van der Waals surface area contributed by atoms with Gasteiger partial charge in [0.25, 0.3) is 0 Å². The molecule has 0 spiro atoms. The second-order valence-electron chi connectivity index (χ2n) is 13.3. The van der Waals surface area contributed by atoms with Crippen molar-refractivity contribution in [3.63, 3.8) is 0 Å². The number of likely N-dealkylation sites (N-methyl/N-ethyl adjacent to an activating group) is 1. The van der Waals surface area contributed by atoms with Crippen molar-refractivity contribution in [3.05, 3.63) is 123 Å². The highest BCUT2D eigenvalue weighted by molar-refractivity contribution is 7.89. The molecule has 3 atom stereocenters. The first-order valence-electron chi connectivity index (χ1n) is 17.3. The van der Waals surface area contributed by atoms with Crippen molar-refractivity contribution < 1.29 is 50.5 Å². The number of carbonyl (C=O) groups is 2. The van der Waals surface area contributed by atoms with Crippen LogP contribution in [0, 0.1) is 11.1 Å². The Hall–Kier alpha value is -4.54. The Bertz CT molecular complexity index is 2100. The zero-order valence-corrected chi connectivity index (χ0v) is 31.7. The van der Waals surface area contributed by atoms with Gasteiger partial charge >= 0.3 is 18.6 Å². The Labute approximate surface area is 326 Å². The molecule has 1 aromatic heterocycles. The van der Waals surface area contributed by atoms with E-state index >= 15 is 0 Å². The molecule has 0 bridgehead atoms. The summed E-state index contributed by atoms with van der Waals surface area (Å²) >= 11 is 12.8. The van der Waals surface area contributed by atoms with Gasteiger partial charge in [0, 0.05) is 25.1 Å². The lowest BCUT2D eigenvalue weighted by Gasteiger charge is -2.22. The molecule has 4 aromatic rings. The molecule has 1 aliphatic heterocycles. The molecule has 2 heterocycles. The predicted molar refractivity (Wildman–Crippen MR) is 197 cm³/mol. The second-order valence-corrected chi connectivity index (χ2v) is 15.9. The van der Waals surface area contributed by atoms with Crippen molar-refractivity contribution in [2.45, 2.75) is 55.4 Å². The van der Waals surface area contributed by atoms with Crippen molar-refractivity contribution in [2.75, 3.05) is 26.7 Å². The third-order valence-corrected chi connectivity index (χ3v) is 11.1. The second kappa shape index (κ2) is 17.5. The van der Waals surface area contributed by atoms with Crippen molar-refractivity contribution in [1.82, 2.24) is 9.62 Å². The summed E-state index contributed by atoms with van der Waals surface area (Å²) in [7, 11) is -2.56. The SMILES string of the molecule is CN1CCC(OC(=O)C(NS(=O)(=O)c2cccc(C(=O)OC(Cc3c(Cl)c[n+]([O-])cc3Cl)c3ccc(OC(F)F)c(OCC4CC4)c3)c2)c2ccccc2)C1. The number of hydrogen-bond acceptors (Lipinski definition) is 10. The van der Waals surface area contributed by atoms with Gasteiger partial charge in [0.05, 0.1) is 17.1 Å². The Morgan fingerprint density at radius 3 is 2.35 bits per heavy atom. The minimum Gasteiger partial charge on any atom is -0.619 e. The van der Waals surface area contributed by atoms with Crippen LogP contribution in [0.25, 0.3) is 0 Å². The van der Waals surface area contributed by atoms with Gasteiger partial charge in [-0.3, -0.25) is 0 Å². The van der Waals surface area contributed by atoms with Crippen LogP contribution in [0.2, 0.25) is 10.0 Å². The summed E-state index contributed by atoms with van der Waals surface area (Å²) in [4.78, 5) is 28.9. The van der Waals surface area contributed by atoms with E-state index in [4.69, 9.17) is 37.4 Å². The zero-order valence-electron chi connectivity index (χ0n) is 29.4. The van der Waals surface area contributed by atoms with E-state index in [0.29, 0.717) is 23.3 Å². The molecule has 3 unspecified atom stereocenters. The maximum absolute atomic E-state index is 13.8. The fourth-order valence-electron chi connectivity index (χ4n) is 5.99. The van der Waals surface area contributed by atoms with Gasteiger partial charge < -0.3 is 29.1 Å². The molecule has 0 radical (unpaired) electrons. The number of rotatable bonds is 16. The van der Waals surface area contributed by atoms with Gasteiger partial charge in [0.15, 0.2) is 23.9 Å². The van der Waals surface area contributed by atoms with Gasteiger partial charge in [-0.25, -0.2) is 18.0 Å². The molecule has 3 aromatic carbocycles. The quantitative estimate of drug-likeness (QED) is 0.0763. The summed E-state index contributed by atoms with van der Waals surface area (Å²) in [6, 6.07) is 15.9. The molecule has 292 valence electrons. The molecule has 6 rings (SSSR count). The molecule has 12 nitrogen and oxygen atoms in total. The number of nitrogens with one attached hydrogen (secondary N) is 1. The molecule has 2 fully saturated rings. The molecule has 1 saturated heterocycles. The Morgan fingerprint density at radius 2 is 1.69 bits per heavy atom. The van der Waals surface area contributed by atoms with Crippen molar-refractivity contribution in [3.8, 4) is 11.5 Å². The first-order valence-corrected chi connectivity index (χ1v) is 19.5. The fourth-order valence-corrected chi connectivity index (χ4v) is 7.81. The molecule has 17 heteroatoms. The van der Waals surface area contributed by atoms with Crippen LogP contribution in [-0.4, -0.2) is 64.7 Å². The van der Waals surface area contributed by atoms with E-state index in [1.165, 1.54) is 36.4 Å². The highest BCUT2D eigenvalue weighted by Crippen LogP contribution is 2.38. The molecule has 55 heavy (non-hydrogen) atoms. The van der Waals surface area contributed by atoms with E-state index < -0.39 is 46.8 Å². The summed E-state index contributed by atoms with van der Waals surface area (Å²) < 4.78 is 79.1. The van der Waals surface area contributed by atoms with Crippen LogP contribution < -0.4 is 18.9 Å². The van der Waals surface area contributed by atoms with Crippen molar-refractivity contribution in [1.29, 1.82) is 0 Å². The molecular weight excluding hydrogens is 783 g/mol. The fraction of sp³-hybridized carbons (Fsp3) is 0.342. The zero-order chi connectivity index (χ0) is 39.3. The van der Waals surface area contributed by atoms with Gasteiger partial charge in [-0.05, 0) is 73.7 Å². The number of likely N-dealkylation sites (tertiary alicyclic amines) is 1. The molecule has 1 N–H and O–H groups in total. The van der Waals surface area contributed by atoms with Crippen LogP contribution in [0.4, 0.5) is 8.78 Å². The normalized spacial score (nSPS) is 17.1.